The molecule has 0 spiro atoms. The van der Waals surface area contributed by atoms with Crippen LogP contribution in [0.15, 0.2) is 48.8 Å². The van der Waals surface area contributed by atoms with Gasteiger partial charge in [0.05, 0.1) is 34.9 Å². The summed E-state index contributed by atoms with van der Waals surface area (Å²) >= 11 is 0. The maximum Gasteiger partial charge on any atom is 0.258 e. The van der Waals surface area contributed by atoms with Crippen molar-refractivity contribution in [1.29, 1.82) is 0 Å². The number of benzene rings is 1. The van der Waals surface area contributed by atoms with E-state index >= 15 is 0 Å². The Morgan fingerprint density at radius 1 is 1.25 bits per heavy atom. The highest BCUT2D eigenvalue weighted by Gasteiger charge is 2.31. The van der Waals surface area contributed by atoms with Gasteiger partial charge in [-0.1, -0.05) is 0 Å². The average molecular weight is 516 g/mol. The van der Waals surface area contributed by atoms with E-state index in [0.717, 1.165) is 0 Å². The highest BCUT2D eigenvalue weighted by Crippen LogP contribution is 2.31. The number of sulfonamides is 1. The van der Waals surface area contributed by atoms with Gasteiger partial charge in [-0.05, 0) is 56.2 Å². The summed E-state index contributed by atoms with van der Waals surface area (Å²) in [5.74, 6) is -0.515. The summed E-state index contributed by atoms with van der Waals surface area (Å²) in [6, 6.07) is 9.57. The van der Waals surface area contributed by atoms with E-state index in [9.17, 15) is 18.3 Å². The molecule has 1 unspecified atom stereocenters. The predicted molar refractivity (Wildman–Crippen MR) is 137 cm³/mol. The Morgan fingerprint density at radius 3 is 2.72 bits per heavy atom. The Balaban J connectivity index is 1.64. The van der Waals surface area contributed by atoms with E-state index in [0.29, 0.717) is 30.8 Å². The first-order valence-corrected chi connectivity index (χ1v) is 13.0. The molecular weight excluding hydrogens is 486 g/mol. The SMILES string of the molecule is CC1(O)CCCN(c2cc(NS(=O)(=O)CCO)ccc2C(=O)Nc2ccc(-n3cccn3)c(N)n2)C1. The molecule has 13 heteroatoms. The number of aliphatic hydroxyl groups excluding tert-OH is 1. The van der Waals surface area contributed by atoms with Gasteiger partial charge in [-0.3, -0.25) is 9.52 Å². The molecule has 1 fully saturated rings. The highest BCUT2D eigenvalue weighted by molar-refractivity contribution is 7.92. The number of carbonyl (C=O) groups is 1. The largest absolute Gasteiger partial charge is 0.395 e. The van der Waals surface area contributed by atoms with Crippen molar-refractivity contribution in [3.8, 4) is 5.69 Å². The van der Waals surface area contributed by atoms with E-state index in [1.54, 1.807) is 48.3 Å². The second kappa shape index (κ2) is 10.1. The third-order valence-corrected chi connectivity index (χ3v) is 7.05. The highest BCUT2D eigenvalue weighted by atomic mass is 32.2. The molecule has 1 aromatic carbocycles. The first-order chi connectivity index (χ1) is 17.1. The van der Waals surface area contributed by atoms with Gasteiger partial charge in [0, 0.05) is 25.5 Å². The molecule has 6 N–H and O–H groups in total. The second-order valence-corrected chi connectivity index (χ2v) is 10.7. The Morgan fingerprint density at radius 2 is 2.06 bits per heavy atom. The number of anilines is 4. The van der Waals surface area contributed by atoms with Crippen LogP contribution in [0, 0.1) is 0 Å². The number of aromatic nitrogens is 3. The van der Waals surface area contributed by atoms with Crippen LogP contribution >= 0.6 is 0 Å². The molecule has 4 rings (SSSR count). The van der Waals surface area contributed by atoms with E-state index in [-0.39, 0.29) is 29.4 Å². The van der Waals surface area contributed by atoms with Gasteiger partial charge in [0.25, 0.3) is 5.91 Å². The van der Waals surface area contributed by atoms with Crippen LogP contribution in [-0.4, -0.2) is 70.4 Å². The molecule has 3 heterocycles. The van der Waals surface area contributed by atoms with Crippen molar-refractivity contribution in [3.05, 3.63) is 54.4 Å². The van der Waals surface area contributed by atoms with Crippen LogP contribution in [0.4, 0.5) is 23.0 Å². The summed E-state index contributed by atoms with van der Waals surface area (Å²) in [6.45, 7) is 2.05. The second-order valence-electron chi connectivity index (χ2n) is 8.90. The maximum absolute atomic E-state index is 13.3. The number of hydrogen-bond donors (Lipinski definition) is 5. The Bertz CT molecular complexity index is 1340. The number of nitrogens with one attached hydrogen (secondary N) is 2. The molecule has 1 atom stereocenters. The van der Waals surface area contributed by atoms with Gasteiger partial charge in [0.2, 0.25) is 10.0 Å². The lowest BCUT2D eigenvalue weighted by Gasteiger charge is -2.39. The quantitative estimate of drug-likeness (QED) is 0.295. The maximum atomic E-state index is 13.3. The topological polar surface area (TPSA) is 176 Å². The molecule has 1 aliphatic heterocycles. The molecule has 36 heavy (non-hydrogen) atoms. The van der Waals surface area contributed by atoms with E-state index in [1.165, 1.54) is 12.1 Å². The minimum absolute atomic E-state index is 0.178. The molecule has 12 nitrogen and oxygen atoms in total. The molecule has 3 aromatic rings. The van der Waals surface area contributed by atoms with Crippen molar-refractivity contribution in [2.24, 2.45) is 0 Å². The standard InChI is InChI=1S/C23H29N7O5S/c1-23(33)8-2-10-29(15-23)19-14-16(28-36(34,35)13-12-31)4-5-17(19)22(32)27-20-7-6-18(21(24)26-20)30-11-3-9-25-30/h3-7,9,11,14,28,31,33H,2,8,10,12-13,15H2,1H3,(H3,24,26,27,32). The summed E-state index contributed by atoms with van der Waals surface area (Å²) in [4.78, 5) is 19.4. The van der Waals surface area contributed by atoms with Crippen molar-refractivity contribution < 1.29 is 23.4 Å². The minimum atomic E-state index is -3.76. The van der Waals surface area contributed by atoms with Gasteiger partial charge < -0.3 is 26.2 Å². The Kier molecular flexibility index (Phi) is 7.15. The van der Waals surface area contributed by atoms with Gasteiger partial charge in [-0.2, -0.15) is 5.10 Å². The van der Waals surface area contributed by atoms with Gasteiger partial charge in [-0.25, -0.2) is 18.1 Å². The number of nitrogens with two attached hydrogens (primary N) is 1. The molecule has 0 saturated carbocycles. The van der Waals surface area contributed by atoms with Crippen molar-refractivity contribution in [3.63, 3.8) is 0 Å². The van der Waals surface area contributed by atoms with Crippen molar-refractivity contribution in [1.82, 2.24) is 14.8 Å². The third kappa shape index (κ3) is 5.93. The smallest absolute Gasteiger partial charge is 0.258 e. The number of nitrogens with zero attached hydrogens (tertiary/aromatic N) is 4. The zero-order valence-electron chi connectivity index (χ0n) is 19.8. The lowest BCUT2D eigenvalue weighted by molar-refractivity contribution is 0.0448. The van der Waals surface area contributed by atoms with Crippen LogP contribution in [0.1, 0.15) is 30.1 Å². The van der Waals surface area contributed by atoms with Crippen LogP contribution in [0.3, 0.4) is 0 Å². The van der Waals surface area contributed by atoms with E-state index in [1.807, 2.05) is 4.90 Å². The van der Waals surface area contributed by atoms with Crippen LogP contribution in [0.5, 0.6) is 0 Å². The number of rotatable bonds is 8. The average Bonchev–Trinajstić information content (AvgIpc) is 3.32. The molecule has 192 valence electrons. The monoisotopic (exact) mass is 515 g/mol. The minimum Gasteiger partial charge on any atom is -0.395 e. The Labute approximate surface area is 208 Å². The van der Waals surface area contributed by atoms with Gasteiger partial charge in [0.15, 0.2) is 5.82 Å². The summed E-state index contributed by atoms with van der Waals surface area (Å²) in [6.07, 6.45) is 4.64. The van der Waals surface area contributed by atoms with E-state index in [4.69, 9.17) is 10.8 Å². The summed E-state index contributed by atoms with van der Waals surface area (Å²) < 4.78 is 28.3. The molecule has 0 bridgehead atoms. The predicted octanol–water partition coefficient (Wildman–Crippen LogP) is 1.19. The molecule has 1 aliphatic rings. The fraction of sp³-hybridized carbons (Fsp3) is 0.348. The molecular formula is C23H29N7O5S. The number of carbonyl (C=O) groups excluding carboxylic acids is 1. The zero-order chi connectivity index (χ0) is 25.9. The lowest BCUT2D eigenvalue weighted by Crippen LogP contribution is -2.46. The number of nitrogen functional groups attached to an aromatic ring is 1. The lowest BCUT2D eigenvalue weighted by atomic mass is 9.94. The summed E-state index contributed by atoms with van der Waals surface area (Å²) in [5.41, 5.74) is 6.64. The van der Waals surface area contributed by atoms with E-state index < -0.39 is 33.9 Å². The third-order valence-electron chi connectivity index (χ3n) is 5.79. The van der Waals surface area contributed by atoms with Gasteiger partial charge >= 0.3 is 0 Å². The van der Waals surface area contributed by atoms with Crippen LogP contribution < -0.4 is 20.7 Å². The number of piperidine rings is 1. The first kappa shape index (κ1) is 25.4. The van der Waals surface area contributed by atoms with Gasteiger partial charge in [-0.15, -0.1) is 0 Å². The molecule has 0 aliphatic carbocycles. The molecule has 2 aromatic heterocycles. The number of pyridine rings is 1. The van der Waals surface area contributed by atoms with Crippen molar-refractivity contribution in [2.45, 2.75) is 25.4 Å². The molecule has 1 saturated heterocycles. The summed E-state index contributed by atoms with van der Waals surface area (Å²) in [5, 5.41) is 26.5. The van der Waals surface area contributed by atoms with E-state index in [2.05, 4.69) is 20.1 Å². The van der Waals surface area contributed by atoms with Crippen LogP contribution in [0.25, 0.3) is 5.69 Å². The molecule has 0 radical (unpaired) electrons. The first-order valence-electron chi connectivity index (χ1n) is 11.4. The normalized spacial score (nSPS) is 18.1. The Hall–Kier alpha value is -3.68. The van der Waals surface area contributed by atoms with Gasteiger partial charge in [0.1, 0.15) is 11.5 Å². The molecule has 1 amide bonds. The van der Waals surface area contributed by atoms with Crippen LogP contribution in [0.2, 0.25) is 0 Å². The van der Waals surface area contributed by atoms with Crippen LogP contribution in [-0.2, 0) is 10.0 Å². The number of aliphatic hydroxyl groups is 2. The number of amides is 1. The number of hydrogen-bond acceptors (Lipinski definition) is 9. The fourth-order valence-electron chi connectivity index (χ4n) is 4.15. The summed E-state index contributed by atoms with van der Waals surface area (Å²) in [7, 11) is -3.76. The van der Waals surface area contributed by atoms with Crippen molar-refractivity contribution >= 4 is 38.9 Å². The number of β-amino-alcohol motifs (C(OH)–C–C–N with tert-alkyl or cyclic N) is 1. The fourth-order valence-corrected chi connectivity index (χ4v) is 4.98. The zero-order valence-corrected chi connectivity index (χ0v) is 20.6. The van der Waals surface area contributed by atoms with Crippen molar-refractivity contribution in [2.75, 3.05) is 46.1 Å².